The highest BCUT2D eigenvalue weighted by Gasteiger charge is 2.30. The molecule has 1 saturated carbocycles. The zero-order chi connectivity index (χ0) is 16.2. The van der Waals surface area contributed by atoms with Crippen LogP contribution in [0.2, 0.25) is 5.02 Å². The number of carboxylic acid groups (broad SMARTS) is 1. The monoisotopic (exact) mass is 329 g/mol. The Labute approximate surface area is 127 Å². The molecule has 1 fully saturated rings. The molecule has 3 rings (SSSR count). The summed E-state index contributed by atoms with van der Waals surface area (Å²) in [6, 6.07) is -0.102. The molecule has 0 spiro atoms. The number of aromatic nitrogens is 1. The van der Waals surface area contributed by atoms with Crippen LogP contribution in [-0.4, -0.2) is 15.8 Å². The average molecular weight is 330 g/mol. The van der Waals surface area contributed by atoms with Gasteiger partial charge in [-0.25, -0.2) is 13.6 Å². The van der Waals surface area contributed by atoms with E-state index in [-0.39, 0.29) is 22.5 Å². The predicted octanol–water partition coefficient (Wildman–Crippen LogP) is 3.63. The normalized spacial score (nSPS) is 14.4. The van der Waals surface area contributed by atoms with E-state index in [0.29, 0.717) is 0 Å². The van der Waals surface area contributed by atoms with Crippen LogP contribution in [-0.2, 0) is 0 Å². The van der Waals surface area contributed by atoms with E-state index in [0.717, 1.165) is 19.0 Å². The number of nitrogens with zero attached hydrogens (tertiary/aromatic N) is 1. The van der Waals surface area contributed by atoms with Gasteiger partial charge >= 0.3 is 6.16 Å². The standard InChI is InChI=1S/C14H10ClF2NO4/c1-5-8-12(11(17)9(15)10(5)16)18(6-2-3-6)4-7(13(8)19)22-14(20)21/h4,6H,2-3H2,1H3,(H,20,21). The number of hydrogen-bond donors (Lipinski definition) is 1. The highest BCUT2D eigenvalue weighted by Crippen LogP contribution is 2.40. The highest BCUT2D eigenvalue weighted by molar-refractivity contribution is 6.31. The quantitative estimate of drug-likeness (QED) is 0.674. The highest BCUT2D eigenvalue weighted by atomic mass is 35.5. The van der Waals surface area contributed by atoms with Crippen LogP contribution in [0.3, 0.4) is 0 Å². The molecule has 0 atom stereocenters. The number of aryl methyl sites for hydroxylation is 1. The third kappa shape index (κ3) is 2.12. The van der Waals surface area contributed by atoms with Crippen LogP contribution in [0.5, 0.6) is 5.75 Å². The van der Waals surface area contributed by atoms with Crippen LogP contribution in [0.25, 0.3) is 10.9 Å². The summed E-state index contributed by atoms with van der Waals surface area (Å²) in [5, 5.41) is 7.74. The lowest BCUT2D eigenvalue weighted by atomic mass is 10.1. The van der Waals surface area contributed by atoms with Crippen LogP contribution < -0.4 is 10.2 Å². The summed E-state index contributed by atoms with van der Waals surface area (Å²) in [5.41, 5.74) is -1.16. The minimum absolute atomic E-state index is 0.102. The fourth-order valence-corrected chi connectivity index (χ4v) is 2.69. The summed E-state index contributed by atoms with van der Waals surface area (Å²) >= 11 is 5.64. The molecule has 1 aliphatic carbocycles. The zero-order valence-electron chi connectivity index (χ0n) is 11.3. The van der Waals surface area contributed by atoms with Gasteiger partial charge < -0.3 is 14.4 Å². The number of rotatable bonds is 2. The van der Waals surface area contributed by atoms with Crippen LogP contribution in [0.4, 0.5) is 13.6 Å². The Bertz CT molecular complexity index is 874. The maximum absolute atomic E-state index is 14.4. The summed E-state index contributed by atoms with van der Waals surface area (Å²) in [7, 11) is 0. The molecule has 0 amide bonds. The molecule has 8 heteroatoms. The lowest BCUT2D eigenvalue weighted by molar-refractivity contribution is 0.143. The van der Waals surface area contributed by atoms with Crippen molar-refractivity contribution in [3.8, 4) is 5.75 Å². The Balaban J connectivity index is 2.48. The van der Waals surface area contributed by atoms with Crippen molar-refractivity contribution in [2.24, 2.45) is 0 Å². The molecule has 116 valence electrons. The summed E-state index contributed by atoms with van der Waals surface area (Å²) in [6.07, 6.45) is 0.926. The van der Waals surface area contributed by atoms with Gasteiger partial charge in [-0.3, -0.25) is 4.79 Å². The first-order chi connectivity index (χ1) is 10.3. The van der Waals surface area contributed by atoms with Gasteiger partial charge in [0, 0.05) is 6.04 Å². The van der Waals surface area contributed by atoms with Crippen molar-refractivity contribution in [1.82, 2.24) is 4.57 Å². The fraction of sp³-hybridized carbons (Fsp3) is 0.286. The van der Waals surface area contributed by atoms with E-state index < -0.39 is 34.0 Å². The first-order valence-electron chi connectivity index (χ1n) is 6.45. The van der Waals surface area contributed by atoms with E-state index in [9.17, 15) is 18.4 Å². The lowest BCUT2D eigenvalue weighted by Gasteiger charge is -2.15. The minimum atomic E-state index is -1.67. The molecule has 0 radical (unpaired) electrons. The smallest absolute Gasteiger partial charge is 0.449 e. The Hall–Kier alpha value is -2.15. The number of carbonyl (C=O) groups is 1. The van der Waals surface area contributed by atoms with Gasteiger partial charge in [-0.2, -0.15) is 0 Å². The van der Waals surface area contributed by atoms with Gasteiger partial charge in [-0.15, -0.1) is 0 Å². The zero-order valence-corrected chi connectivity index (χ0v) is 12.1. The number of benzene rings is 1. The van der Waals surface area contributed by atoms with Gasteiger partial charge in [-0.05, 0) is 25.3 Å². The fourth-order valence-electron chi connectivity index (χ4n) is 2.46. The molecule has 0 saturated heterocycles. The SMILES string of the molecule is Cc1c(F)c(Cl)c(F)c2c1c(=O)c(OC(=O)O)cn2C1CC1. The second kappa shape index (κ2) is 4.95. The molecule has 1 heterocycles. The van der Waals surface area contributed by atoms with E-state index in [1.807, 2.05) is 0 Å². The summed E-state index contributed by atoms with van der Waals surface area (Å²) in [4.78, 5) is 23.0. The van der Waals surface area contributed by atoms with Crippen molar-refractivity contribution < 1.29 is 23.4 Å². The molecule has 1 aromatic carbocycles. The Morgan fingerprint density at radius 2 is 2.05 bits per heavy atom. The van der Waals surface area contributed by atoms with Gasteiger partial charge in [0.05, 0.1) is 17.1 Å². The molecule has 5 nitrogen and oxygen atoms in total. The Morgan fingerprint density at radius 3 is 2.59 bits per heavy atom. The molecular formula is C14H10ClF2NO4. The lowest BCUT2D eigenvalue weighted by Crippen LogP contribution is -2.18. The molecular weight excluding hydrogens is 320 g/mol. The van der Waals surface area contributed by atoms with Crippen molar-refractivity contribution in [3.63, 3.8) is 0 Å². The van der Waals surface area contributed by atoms with Crippen LogP contribution in [0.1, 0.15) is 24.4 Å². The number of hydrogen-bond acceptors (Lipinski definition) is 3. The minimum Gasteiger partial charge on any atom is -0.449 e. The van der Waals surface area contributed by atoms with Crippen molar-refractivity contribution >= 4 is 28.7 Å². The van der Waals surface area contributed by atoms with E-state index in [4.69, 9.17) is 16.7 Å². The largest absolute Gasteiger partial charge is 0.511 e. The second-order valence-electron chi connectivity index (χ2n) is 5.12. The molecule has 0 unspecified atom stereocenters. The van der Waals surface area contributed by atoms with Gasteiger partial charge in [0.15, 0.2) is 11.6 Å². The Morgan fingerprint density at radius 1 is 1.41 bits per heavy atom. The first kappa shape index (κ1) is 14.8. The summed E-state index contributed by atoms with van der Waals surface area (Å²) in [5.74, 6) is -2.57. The van der Waals surface area contributed by atoms with Crippen LogP contribution >= 0.6 is 11.6 Å². The van der Waals surface area contributed by atoms with E-state index >= 15 is 0 Å². The van der Waals surface area contributed by atoms with Crippen molar-refractivity contribution in [2.75, 3.05) is 0 Å². The third-order valence-corrected chi connectivity index (χ3v) is 3.97. The molecule has 1 aliphatic rings. The predicted molar refractivity (Wildman–Crippen MR) is 74.8 cm³/mol. The van der Waals surface area contributed by atoms with Crippen LogP contribution in [0.15, 0.2) is 11.0 Å². The summed E-state index contributed by atoms with van der Waals surface area (Å²) in [6.45, 7) is 1.28. The molecule has 22 heavy (non-hydrogen) atoms. The van der Waals surface area contributed by atoms with Gasteiger partial charge in [0.25, 0.3) is 0 Å². The molecule has 1 N–H and O–H groups in total. The van der Waals surface area contributed by atoms with Crippen LogP contribution in [0, 0.1) is 18.6 Å². The summed E-state index contributed by atoms with van der Waals surface area (Å²) < 4.78 is 34.2. The third-order valence-electron chi connectivity index (χ3n) is 3.64. The maximum Gasteiger partial charge on any atom is 0.511 e. The van der Waals surface area contributed by atoms with Crippen molar-refractivity contribution in [3.05, 3.63) is 38.6 Å². The topological polar surface area (TPSA) is 68.5 Å². The van der Waals surface area contributed by atoms with Crippen molar-refractivity contribution in [1.29, 1.82) is 0 Å². The number of halogens is 3. The van der Waals surface area contributed by atoms with Gasteiger partial charge in [0.2, 0.25) is 5.43 Å². The maximum atomic E-state index is 14.4. The number of fused-ring (bicyclic) bond motifs is 1. The molecule has 1 aromatic heterocycles. The molecule has 0 aliphatic heterocycles. The van der Waals surface area contributed by atoms with E-state index in [1.165, 1.54) is 11.5 Å². The average Bonchev–Trinajstić information content (AvgIpc) is 3.28. The van der Waals surface area contributed by atoms with Gasteiger partial charge in [0.1, 0.15) is 10.8 Å². The first-order valence-corrected chi connectivity index (χ1v) is 6.83. The van der Waals surface area contributed by atoms with E-state index in [1.54, 1.807) is 0 Å². The number of ether oxygens (including phenoxy) is 1. The van der Waals surface area contributed by atoms with Gasteiger partial charge in [-0.1, -0.05) is 11.6 Å². The molecule has 2 aromatic rings. The number of pyridine rings is 1. The Kier molecular flexibility index (Phi) is 3.32. The second-order valence-corrected chi connectivity index (χ2v) is 5.50. The van der Waals surface area contributed by atoms with E-state index in [2.05, 4.69) is 4.74 Å². The van der Waals surface area contributed by atoms with Crippen molar-refractivity contribution in [2.45, 2.75) is 25.8 Å². The molecule has 0 bridgehead atoms.